The number of nitrogens with one attached hydrogen (secondary N) is 1. The standard InChI is InChI=1S/C16H22N2O3/c1-12(13-5-3-2-4-6-13)11-17-16(21)18(14-7-8-14)10-9-15(19)20/h2-6,12,14H,7-11H2,1H3,(H,17,21)(H,19,20). The molecule has 21 heavy (non-hydrogen) atoms. The van der Waals surface area contributed by atoms with Gasteiger partial charge in [0.1, 0.15) is 0 Å². The molecule has 0 spiro atoms. The Kier molecular flexibility index (Phi) is 5.20. The first-order chi connectivity index (χ1) is 10.1. The summed E-state index contributed by atoms with van der Waals surface area (Å²) >= 11 is 0. The molecule has 1 aliphatic carbocycles. The van der Waals surface area contributed by atoms with E-state index < -0.39 is 5.97 Å². The van der Waals surface area contributed by atoms with Crippen molar-refractivity contribution in [1.82, 2.24) is 10.2 Å². The number of aliphatic carboxylic acids is 1. The molecule has 2 rings (SSSR count). The summed E-state index contributed by atoms with van der Waals surface area (Å²) in [6, 6.07) is 10.1. The average molecular weight is 290 g/mol. The number of nitrogens with zero attached hydrogens (tertiary/aromatic N) is 1. The van der Waals surface area contributed by atoms with Crippen LogP contribution in [0.5, 0.6) is 0 Å². The van der Waals surface area contributed by atoms with Gasteiger partial charge in [-0.05, 0) is 24.3 Å². The Morgan fingerprint density at radius 1 is 1.33 bits per heavy atom. The van der Waals surface area contributed by atoms with E-state index in [1.807, 2.05) is 30.3 Å². The van der Waals surface area contributed by atoms with Crippen LogP contribution >= 0.6 is 0 Å². The van der Waals surface area contributed by atoms with Gasteiger partial charge < -0.3 is 15.3 Å². The molecule has 1 aliphatic rings. The molecule has 0 aliphatic heterocycles. The lowest BCUT2D eigenvalue weighted by Crippen LogP contribution is -2.43. The number of carboxylic acids is 1. The van der Waals surface area contributed by atoms with Crippen molar-refractivity contribution in [3.63, 3.8) is 0 Å². The summed E-state index contributed by atoms with van der Waals surface area (Å²) < 4.78 is 0. The molecule has 1 atom stereocenters. The molecule has 0 heterocycles. The third kappa shape index (κ3) is 4.77. The zero-order valence-corrected chi connectivity index (χ0v) is 12.3. The van der Waals surface area contributed by atoms with Gasteiger partial charge in [-0.15, -0.1) is 0 Å². The van der Waals surface area contributed by atoms with E-state index in [-0.39, 0.29) is 31.0 Å². The molecular weight excluding hydrogens is 268 g/mol. The van der Waals surface area contributed by atoms with Crippen LogP contribution in [0.1, 0.15) is 37.7 Å². The second kappa shape index (κ2) is 7.11. The second-order valence-electron chi connectivity index (χ2n) is 5.57. The first kappa shape index (κ1) is 15.4. The van der Waals surface area contributed by atoms with Crippen molar-refractivity contribution >= 4 is 12.0 Å². The van der Waals surface area contributed by atoms with Crippen LogP contribution in [-0.2, 0) is 4.79 Å². The summed E-state index contributed by atoms with van der Waals surface area (Å²) in [5, 5.41) is 11.7. The maximum atomic E-state index is 12.2. The molecular formula is C16H22N2O3. The third-order valence-corrected chi connectivity index (χ3v) is 3.74. The Morgan fingerprint density at radius 3 is 2.57 bits per heavy atom. The molecule has 5 heteroatoms. The highest BCUT2D eigenvalue weighted by Crippen LogP contribution is 2.27. The zero-order valence-electron chi connectivity index (χ0n) is 12.3. The summed E-state index contributed by atoms with van der Waals surface area (Å²) in [5.74, 6) is -0.637. The molecule has 2 N–H and O–H groups in total. The third-order valence-electron chi connectivity index (χ3n) is 3.74. The van der Waals surface area contributed by atoms with E-state index in [9.17, 15) is 9.59 Å². The first-order valence-corrected chi connectivity index (χ1v) is 7.39. The fourth-order valence-electron chi connectivity index (χ4n) is 2.29. The smallest absolute Gasteiger partial charge is 0.317 e. The largest absolute Gasteiger partial charge is 0.481 e. The van der Waals surface area contributed by atoms with E-state index in [1.54, 1.807) is 4.90 Å². The van der Waals surface area contributed by atoms with Crippen LogP contribution in [-0.4, -0.2) is 41.1 Å². The molecule has 1 aromatic carbocycles. The summed E-state index contributed by atoms with van der Waals surface area (Å²) in [7, 11) is 0. The van der Waals surface area contributed by atoms with Gasteiger partial charge in [-0.25, -0.2) is 4.79 Å². The molecule has 114 valence electrons. The molecule has 1 fully saturated rings. The predicted molar refractivity (Wildman–Crippen MR) is 80.2 cm³/mol. The fourth-order valence-corrected chi connectivity index (χ4v) is 2.29. The van der Waals surface area contributed by atoms with Crippen LogP contribution < -0.4 is 5.32 Å². The highest BCUT2D eigenvalue weighted by molar-refractivity contribution is 5.76. The molecule has 1 aromatic rings. The van der Waals surface area contributed by atoms with Gasteiger partial charge in [0.05, 0.1) is 6.42 Å². The van der Waals surface area contributed by atoms with Crippen LogP contribution in [0.15, 0.2) is 30.3 Å². The van der Waals surface area contributed by atoms with Crippen molar-refractivity contribution in [1.29, 1.82) is 0 Å². The Hall–Kier alpha value is -2.04. The quantitative estimate of drug-likeness (QED) is 0.810. The molecule has 2 amide bonds. The van der Waals surface area contributed by atoms with Crippen molar-refractivity contribution in [2.75, 3.05) is 13.1 Å². The monoisotopic (exact) mass is 290 g/mol. The molecule has 0 aromatic heterocycles. The van der Waals surface area contributed by atoms with Crippen LogP contribution in [0, 0.1) is 0 Å². The van der Waals surface area contributed by atoms with E-state index in [0.717, 1.165) is 12.8 Å². The maximum Gasteiger partial charge on any atom is 0.317 e. The number of benzene rings is 1. The van der Waals surface area contributed by atoms with Crippen molar-refractivity contribution in [2.45, 2.75) is 38.1 Å². The van der Waals surface area contributed by atoms with Crippen LogP contribution in [0.2, 0.25) is 0 Å². The average Bonchev–Trinajstić information content (AvgIpc) is 3.30. The van der Waals surface area contributed by atoms with Gasteiger partial charge in [0.2, 0.25) is 0 Å². The Labute approximate surface area is 125 Å². The van der Waals surface area contributed by atoms with E-state index in [0.29, 0.717) is 6.54 Å². The van der Waals surface area contributed by atoms with Crippen molar-refractivity contribution in [2.24, 2.45) is 0 Å². The van der Waals surface area contributed by atoms with Crippen molar-refractivity contribution in [3.05, 3.63) is 35.9 Å². The summed E-state index contributed by atoms with van der Waals surface area (Å²) in [4.78, 5) is 24.5. The van der Waals surface area contributed by atoms with E-state index in [1.165, 1.54) is 5.56 Å². The molecule has 1 saturated carbocycles. The Morgan fingerprint density at radius 2 is 2.00 bits per heavy atom. The lowest BCUT2D eigenvalue weighted by atomic mass is 10.0. The van der Waals surface area contributed by atoms with Gasteiger partial charge in [-0.2, -0.15) is 0 Å². The van der Waals surface area contributed by atoms with Crippen LogP contribution in [0.4, 0.5) is 4.79 Å². The minimum atomic E-state index is -0.869. The van der Waals surface area contributed by atoms with Gasteiger partial charge in [0, 0.05) is 19.1 Å². The van der Waals surface area contributed by atoms with E-state index in [2.05, 4.69) is 12.2 Å². The topological polar surface area (TPSA) is 69.6 Å². The number of amides is 2. The lowest BCUT2D eigenvalue weighted by Gasteiger charge is -2.23. The van der Waals surface area contributed by atoms with E-state index in [4.69, 9.17) is 5.11 Å². The molecule has 0 saturated heterocycles. The number of urea groups is 1. The normalized spacial score (nSPS) is 15.3. The molecule has 5 nitrogen and oxygen atoms in total. The minimum Gasteiger partial charge on any atom is -0.481 e. The van der Waals surface area contributed by atoms with Crippen molar-refractivity contribution < 1.29 is 14.7 Å². The van der Waals surface area contributed by atoms with Gasteiger partial charge in [0.15, 0.2) is 0 Å². The first-order valence-electron chi connectivity index (χ1n) is 7.39. The Balaban J connectivity index is 1.83. The van der Waals surface area contributed by atoms with Gasteiger partial charge in [-0.1, -0.05) is 37.3 Å². The summed E-state index contributed by atoms with van der Waals surface area (Å²) in [6.07, 6.45) is 1.95. The number of carbonyl (C=O) groups excluding carboxylic acids is 1. The van der Waals surface area contributed by atoms with E-state index >= 15 is 0 Å². The number of carbonyl (C=O) groups is 2. The van der Waals surface area contributed by atoms with Gasteiger partial charge in [-0.3, -0.25) is 4.79 Å². The number of carboxylic acid groups (broad SMARTS) is 1. The SMILES string of the molecule is CC(CNC(=O)N(CCC(=O)O)C1CC1)c1ccccc1. The van der Waals surface area contributed by atoms with Gasteiger partial charge in [0.25, 0.3) is 0 Å². The highest BCUT2D eigenvalue weighted by Gasteiger charge is 2.32. The summed E-state index contributed by atoms with van der Waals surface area (Å²) in [6.45, 7) is 2.90. The molecule has 0 radical (unpaired) electrons. The second-order valence-corrected chi connectivity index (χ2v) is 5.57. The van der Waals surface area contributed by atoms with Crippen LogP contribution in [0.25, 0.3) is 0 Å². The van der Waals surface area contributed by atoms with Gasteiger partial charge >= 0.3 is 12.0 Å². The lowest BCUT2D eigenvalue weighted by molar-refractivity contribution is -0.137. The summed E-state index contributed by atoms with van der Waals surface area (Å²) in [5.41, 5.74) is 1.18. The molecule has 1 unspecified atom stereocenters. The zero-order chi connectivity index (χ0) is 15.2. The number of hydrogen-bond donors (Lipinski definition) is 2. The molecule has 0 bridgehead atoms. The van der Waals surface area contributed by atoms with Crippen molar-refractivity contribution in [3.8, 4) is 0 Å². The maximum absolute atomic E-state index is 12.2. The predicted octanol–water partition coefficient (Wildman–Crippen LogP) is 2.44. The minimum absolute atomic E-state index is 0.00183. The Bertz CT molecular complexity index is 486. The number of hydrogen-bond acceptors (Lipinski definition) is 2. The highest BCUT2D eigenvalue weighted by atomic mass is 16.4. The van der Waals surface area contributed by atoms with Crippen LogP contribution in [0.3, 0.4) is 0 Å². The fraction of sp³-hybridized carbons (Fsp3) is 0.500. The number of rotatable bonds is 7.